The van der Waals surface area contributed by atoms with E-state index in [1.165, 1.54) is 0 Å². The zero-order valence-electron chi connectivity index (χ0n) is 17.9. The van der Waals surface area contributed by atoms with Gasteiger partial charge in [0.05, 0.1) is 12.2 Å². The summed E-state index contributed by atoms with van der Waals surface area (Å²) >= 11 is 0. The third-order valence-corrected chi connectivity index (χ3v) is 4.93. The minimum Gasteiger partial charge on any atom is -0.482 e. The van der Waals surface area contributed by atoms with Crippen molar-refractivity contribution in [2.75, 3.05) is 31.2 Å². The predicted molar refractivity (Wildman–Crippen MR) is 116 cm³/mol. The van der Waals surface area contributed by atoms with Gasteiger partial charge in [0.25, 0.3) is 0 Å². The largest absolute Gasteiger partial charge is 0.482 e. The molecule has 2 aromatic carbocycles. The van der Waals surface area contributed by atoms with E-state index in [1.54, 1.807) is 25.1 Å². The van der Waals surface area contributed by atoms with Crippen molar-refractivity contribution >= 4 is 23.5 Å². The van der Waals surface area contributed by atoms with Crippen LogP contribution < -0.4 is 14.4 Å². The van der Waals surface area contributed by atoms with E-state index in [0.29, 0.717) is 23.7 Å². The number of fused-ring (bicyclic) bond motifs is 1. The number of hydrogen-bond acceptors (Lipinski definition) is 6. The number of ketones is 1. The fourth-order valence-electron chi connectivity index (χ4n) is 3.43. The van der Waals surface area contributed by atoms with Crippen LogP contribution in [-0.4, -0.2) is 38.1 Å². The van der Waals surface area contributed by atoms with Gasteiger partial charge in [0.2, 0.25) is 5.78 Å². The standard InChI is InChI=1S/C24H27NO5/c1-5-25(6-2)18-10-8-17(9-11-18)13-21-24(27)23-16(4)12-19(14-20(23)30-21)29-15-22(26)28-7-3/h8-14H,5-7,15H2,1-4H3/b21-13-. The van der Waals surface area contributed by atoms with Crippen molar-refractivity contribution in [3.63, 3.8) is 0 Å². The summed E-state index contributed by atoms with van der Waals surface area (Å²) in [4.78, 5) is 26.6. The lowest BCUT2D eigenvalue weighted by Gasteiger charge is -2.20. The van der Waals surface area contributed by atoms with Gasteiger partial charge in [-0.25, -0.2) is 4.79 Å². The van der Waals surface area contributed by atoms with E-state index >= 15 is 0 Å². The molecular formula is C24H27NO5. The van der Waals surface area contributed by atoms with Gasteiger partial charge in [0.1, 0.15) is 11.5 Å². The third-order valence-electron chi connectivity index (χ3n) is 4.93. The number of Topliss-reactive ketones (excluding diaryl/α,β-unsaturated/α-hetero) is 1. The summed E-state index contributed by atoms with van der Waals surface area (Å²) in [6.07, 6.45) is 1.74. The first-order valence-corrected chi connectivity index (χ1v) is 10.2. The van der Waals surface area contributed by atoms with Crippen molar-refractivity contribution in [1.82, 2.24) is 0 Å². The van der Waals surface area contributed by atoms with Gasteiger partial charge in [-0.1, -0.05) is 12.1 Å². The molecule has 6 heteroatoms. The molecule has 0 N–H and O–H groups in total. The molecule has 0 spiro atoms. The molecular weight excluding hydrogens is 382 g/mol. The number of aryl methyl sites for hydroxylation is 1. The van der Waals surface area contributed by atoms with Gasteiger partial charge in [-0.2, -0.15) is 0 Å². The van der Waals surface area contributed by atoms with Gasteiger partial charge in [-0.3, -0.25) is 4.79 Å². The van der Waals surface area contributed by atoms with Crippen LogP contribution in [0.2, 0.25) is 0 Å². The van der Waals surface area contributed by atoms with Crippen molar-refractivity contribution in [3.05, 3.63) is 58.8 Å². The summed E-state index contributed by atoms with van der Waals surface area (Å²) in [7, 11) is 0. The summed E-state index contributed by atoms with van der Waals surface area (Å²) in [6, 6.07) is 11.4. The molecule has 0 atom stereocenters. The normalized spacial score (nSPS) is 13.7. The van der Waals surface area contributed by atoms with E-state index in [2.05, 4.69) is 18.7 Å². The molecule has 2 aromatic rings. The zero-order valence-corrected chi connectivity index (χ0v) is 17.9. The number of nitrogens with zero attached hydrogens (tertiary/aromatic N) is 1. The number of rotatable bonds is 8. The molecule has 6 nitrogen and oxygen atoms in total. The number of carbonyl (C=O) groups excluding carboxylic acids is 2. The maximum Gasteiger partial charge on any atom is 0.344 e. The van der Waals surface area contributed by atoms with Gasteiger partial charge in [0.15, 0.2) is 12.4 Å². The quantitative estimate of drug-likeness (QED) is 0.476. The molecule has 0 amide bonds. The van der Waals surface area contributed by atoms with Crippen LogP contribution in [0.4, 0.5) is 5.69 Å². The monoisotopic (exact) mass is 409 g/mol. The molecule has 0 aliphatic carbocycles. The fourth-order valence-corrected chi connectivity index (χ4v) is 3.43. The van der Waals surface area contributed by atoms with E-state index in [4.69, 9.17) is 14.2 Å². The number of carbonyl (C=O) groups is 2. The van der Waals surface area contributed by atoms with Crippen molar-refractivity contribution in [3.8, 4) is 11.5 Å². The minimum atomic E-state index is -0.443. The lowest BCUT2D eigenvalue weighted by molar-refractivity contribution is -0.145. The number of hydrogen-bond donors (Lipinski definition) is 0. The Morgan fingerprint density at radius 3 is 2.43 bits per heavy atom. The number of esters is 1. The van der Waals surface area contributed by atoms with Crippen LogP contribution in [0.1, 0.15) is 42.3 Å². The molecule has 0 bridgehead atoms. The summed E-state index contributed by atoms with van der Waals surface area (Å²) in [5.41, 5.74) is 3.28. The Morgan fingerprint density at radius 1 is 1.10 bits per heavy atom. The van der Waals surface area contributed by atoms with Crippen LogP contribution in [-0.2, 0) is 9.53 Å². The smallest absolute Gasteiger partial charge is 0.344 e. The second-order valence-corrected chi connectivity index (χ2v) is 6.91. The molecule has 0 saturated heterocycles. The Balaban J connectivity index is 1.78. The van der Waals surface area contributed by atoms with E-state index in [1.807, 2.05) is 31.2 Å². The van der Waals surface area contributed by atoms with Crippen molar-refractivity contribution in [2.24, 2.45) is 0 Å². The van der Waals surface area contributed by atoms with Crippen molar-refractivity contribution < 1.29 is 23.8 Å². The highest BCUT2D eigenvalue weighted by Gasteiger charge is 2.30. The molecule has 158 valence electrons. The van der Waals surface area contributed by atoms with Crippen molar-refractivity contribution in [1.29, 1.82) is 0 Å². The van der Waals surface area contributed by atoms with Crippen LogP contribution in [0.25, 0.3) is 6.08 Å². The first-order valence-electron chi connectivity index (χ1n) is 10.2. The lowest BCUT2D eigenvalue weighted by atomic mass is 10.0. The summed E-state index contributed by atoms with van der Waals surface area (Å²) in [6.45, 7) is 9.78. The van der Waals surface area contributed by atoms with Crippen LogP contribution in [0, 0.1) is 6.92 Å². The lowest BCUT2D eigenvalue weighted by Crippen LogP contribution is -2.21. The van der Waals surface area contributed by atoms with Crippen molar-refractivity contribution in [2.45, 2.75) is 27.7 Å². The summed E-state index contributed by atoms with van der Waals surface area (Å²) < 4.78 is 16.2. The Morgan fingerprint density at radius 2 is 1.80 bits per heavy atom. The Hall–Kier alpha value is -3.28. The van der Waals surface area contributed by atoms with Gasteiger partial charge >= 0.3 is 5.97 Å². The molecule has 1 aliphatic rings. The van der Waals surface area contributed by atoms with Crippen LogP contribution in [0.3, 0.4) is 0 Å². The SMILES string of the molecule is CCOC(=O)COc1cc(C)c2c(c1)O/C(=C\c1ccc(N(CC)CC)cc1)C2=O. The average Bonchev–Trinajstić information content (AvgIpc) is 3.04. The molecule has 30 heavy (non-hydrogen) atoms. The Kier molecular flexibility index (Phi) is 6.77. The highest BCUT2D eigenvalue weighted by Crippen LogP contribution is 2.37. The first-order chi connectivity index (χ1) is 14.5. The van der Waals surface area contributed by atoms with Gasteiger partial charge in [0, 0.05) is 24.8 Å². The first kappa shape index (κ1) is 21.4. The van der Waals surface area contributed by atoms with Gasteiger partial charge < -0.3 is 19.1 Å². The number of ether oxygens (including phenoxy) is 3. The fraction of sp³-hybridized carbons (Fsp3) is 0.333. The maximum atomic E-state index is 12.8. The molecule has 0 radical (unpaired) electrons. The molecule has 0 unspecified atom stereocenters. The summed E-state index contributed by atoms with van der Waals surface area (Å²) in [5.74, 6) is 0.557. The highest BCUT2D eigenvalue weighted by atomic mass is 16.6. The van der Waals surface area contributed by atoms with E-state index < -0.39 is 5.97 Å². The number of allylic oxidation sites excluding steroid dienone is 1. The second kappa shape index (κ2) is 9.48. The molecule has 1 aliphatic heterocycles. The predicted octanol–water partition coefficient (Wildman–Crippen LogP) is 4.40. The molecule has 0 fully saturated rings. The highest BCUT2D eigenvalue weighted by molar-refractivity contribution is 6.15. The Bertz CT molecular complexity index is 958. The second-order valence-electron chi connectivity index (χ2n) is 6.91. The molecule has 3 rings (SSSR count). The van der Waals surface area contributed by atoms with E-state index in [9.17, 15) is 9.59 Å². The minimum absolute atomic E-state index is 0.160. The number of anilines is 1. The zero-order chi connectivity index (χ0) is 21.7. The molecule has 1 heterocycles. The Labute approximate surface area is 177 Å². The van der Waals surface area contributed by atoms with E-state index in [-0.39, 0.29) is 18.1 Å². The maximum absolute atomic E-state index is 12.8. The third kappa shape index (κ3) is 4.64. The van der Waals surface area contributed by atoms with Gasteiger partial charge in [-0.15, -0.1) is 0 Å². The van der Waals surface area contributed by atoms with E-state index in [0.717, 1.165) is 29.9 Å². The topological polar surface area (TPSA) is 65.1 Å². The molecule has 0 aromatic heterocycles. The number of benzene rings is 2. The van der Waals surface area contributed by atoms with Crippen LogP contribution >= 0.6 is 0 Å². The van der Waals surface area contributed by atoms with Crippen LogP contribution in [0.15, 0.2) is 42.2 Å². The van der Waals surface area contributed by atoms with Crippen LogP contribution in [0.5, 0.6) is 11.5 Å². The average molecular weight is 409 g/mol. The van der Waals surface area contributed by atoms with Gasteiger partial charge in [-0.05, 0) is 63.1 Å². The molecule has 0 saturated carbocycles. The summed E-state index contributed by atoms with van der Waals surface area (Å²) in [5, 5.41) is 0.